The summed E-state index contributed by atoms with van der Waals surface area (Å²) in [5.74, 6) is -2.54. The van der Waals surface area contributed by atoms with E-state index in [1.165, 1.54) is 24.3 Å². The van der Waals surface area contributed by atoms with Crippen molar-refractivity contribution in [2.75, 3.05) is 0 Å². The third-order valence-corrected chi connectivity index (χ3v) is 4.30. The molecule has 8 heteroatoms. The molecule has 0 spiro atoms. The lowest BCUT2D eigenvalue weighted by atomic mass is 10.1. The molecule has 0 atom stereocenters. The molecule has 1 heterocycles. The van der Waals surface area contributed by atoms with Crippen LogP contribution in [0.4, 0.5) is 0 Å². The van der Waals surface area contributed by atoms with E-state index in [-0.39, 0.29) is 31.8 Å². The largest absolute Gasteiger partial charge is 0.367 e. The van der Waals surface area contributed by atoms with Crippen LogP contribution in [0.3, 0.4) is 0 Å². The number of carbonyl (C=O) groups excluding carboxylic acids is 3. The summed E-state index contributed by atoms with van der Waals surface area (Å²) < 4.78 is 0. The van der Waals surface area contributed by atoms with Crippen molar-refractivity contribution in [2.45, 2.75) is 0 Å². The molecule has 0 unspecified atom stereocenters. The predicted octanol–water partition coefficient (Wildman–Crippen LogP) is 4.01. The summed E-state index contributed by atoms with van der Waals surface area (Å²) >= 11 is 17.7. The minimum absolute atomic E-state index is 0.0130. The second-order valence-electron chi connectivity index (χ2n) is 4.55. The number of rotatable bonds is 2. The van der Waals surface area contributed by atoms with E-state index in [0.29, 0.717) is 5.06 Å². The molecule has 2 amide bonds. The van der Waals surface area contributed by atoms with Crippen LogP contribution in [-0.4, -0.2) is 22.8 Å². The first-order valence-corrected chi connectivity index (χ1v) is 7.39. The number of nitrogens with zero attached hydrogens (tertiary/aromatic N) is 1. The zero-order valence-corrected chi connectivity index (χ0v) is 13.4. The van der Waals surface area contributed by atoms with Crippen LogP contribution in [0.25, 0.3) is 0 Å². The van der Waals surface area contributed by atoms with Gasteiger partial charge >= 0.3 is 5.97 Å². The smallest absolute Gasteiger partial charge is 0.324 e. The van der Waals surface area contributed by atoms with Crippen molar-refractivity contribution in [1.29, 1.82) is 0 Å². The SMILES string of the molecule is O=C(ON1C(=O)c2ccccc2C1=O)c1c(Cl)ccc(Cl)c1Cl. The number of imide groups is 1. The topological polar surface area (TPSA) is 63.7 Å². The molecule has 1 aliphatic heterocycles. The van der Waals surface area contributed by atoms with E-state index < -0.39 is 17.8 Å². The third-order valence-electron chi connectivity index (χ3n) is 3.18. The van der Waals surface area contributed by atoms with Crippen LogP contribution in [-0.2, 0) is 4.84 Å². The lowest BCUT2D eigenvalue weighted by molar-refractivity contribution is -0.0584. The van der Waals surface area contributed by atoms with Crippen LogP contribution in [0.5, 0.6) is 0 Å². The number of hydrogen-bond acceptors (Lipinski definition) is 4. The monoisotopic (exact) mass is 369 g/mol. The molecule has 0 saturated heterocycles. The summed E-state index contributed by atoms with van der Waals surface area (Å²) in [6.45, 7) is 0. The van der Waals surface area contributed by atoms with E-state index in [2.05, 4.69) is 0 Å². The Balaban J connectivity index is 1.93. The Morgan fingerprint density at radius 2 is 1.39 bits per heavy atom. The average Bonchev–Trinajstić information content (AvgIpc) is 2.77. The number of fused-ring (bicyclic) bond motifs is 1. The quantitative estimate of drug-likeness (QED) is 0.592. The molecule has 3 rings (SSSR count). The van der Waals surface area contributed by atoms with E-state index in [4.69, 9.17) is 39.6 Å². The number of amides is 2. The Morgan fingerprint density at radius 3 is 1.96 bits per heavy atom. The van der Waals surface area contributed by atoms with Crippen molar-refractivity contribution in [3.63, 3.8) is 0 Å². The molecule has 1 aliphatic rings. The molecule has 23 heavy (non-hydrogen) atoms. The number of hydroxylamine groups is 2. The Kier molecular flexibility index (Phi) is 4.02. The summed E-state index contributed by atoms with van der Waals surface area (Å²) in [7, 11) is 0. The molecular weight excluding hydrogens is 365 g/mol. The zero-order chi connectivity index (χ0) is 16.7. The van der Waals surface area contributed by atoms with E-state index in [9.17, 15) is 14.4 Å². The Labute approximate surface area is 145 Å². The van der Waals surface area contributed by atoms with E-state index >= 15 is 0 Å². The molecule has 0 radical (unpaired) electrons. The fourth-order valence-electron chi connectivity index (χ4n) is 2.09. The standard InChI is InChI=1S/C15H6Cl3NO4/c16-9-5-6-10(17)12(18)11(9)15(22)23-19-13(20)7-3-1-2-4-8(7)14(19)21/h1-6H. The fourth-order valence-corrected chi connectivity index (χ4v) is 2.78. The summed E-state index contributed by atoms with van der Waals surface area (Å²) in [6, 6.07) is 8.88. The van der Waals surface area contributed by atoms with E-state index in [0.717, 1.165) is 0 Å². The predicted molar refractivity (Wildman–Crippen MR) is 83.8 cm³/mol. The number of benzene rings is 2. The Morgan fingerprint density at radius 1 is 0.870 bits per heavy atom. The zero-order valence-electron chi connectivity index (χ0n) is 11.2. The third kappa shape index (κ3) is 2.57. The molecule has 2 aromatic carbocycles. The van der Waals surface area contributed by atoms with Crippen LogP contribution in [0.15, 0.2) is 36.4 Å². The fraction of sp³-hybridized carbons (Fsp3) is 0. The molecule has 0 saturated carbocycles. The number of carbonyl (C=O) groups is 3. The first kappa shape index (κ1) is 15.8. The minimum atomic E-state index is -1.06. The van der Waals surface area contributed by atoms with Crippen molar-refractivity contribution < 1.29 is 19.2 Å². The molecule has 0 N–H and O–H groups in total. The average molecular weight is 371 g/mol. The number of halogens is 3. The number of hydrogen-bond donors (Lipinski definition) is 0. The summed E-state index contributed by atoms with van der Waals surface area (Å²) in [5.41, 5.74) is 0.0690. The van der Waals surface area contributed by atoms with Gasteiger partial charge in [0.15, 0.2) is 0 Å². The van der Waals surface area contributed by atoms with Crippen LogP contribution in [0, 0.1) is 0 Å². The molecule has 2 aromatic rings. The first-order chi connectivity index (χ1) is 10.9. The highest BCUT2D eigenvalue weighted by Gasteiger charge is 2.39. The molecule has 0 fully saturated rings. The molecule has 0 bridgehead atoms. The van der Waals surface area contributed by atoms with Crippen LogP contribution >= 0.6 is 34.8 Å². The second-order valence-corrected chi connectivity index (χ2v) is 5.74. The van der Waals surface area contributed by atoms with Gasteiger partial charge < -0.3 is 4.84 Å². The summed E-state index contributed by atoms with van der Waals surface area (Å²) in [4.78, 5) is 41.4. The lowest BCUT2D eigenvalue weighted by Crippen LogP contribution is -2.32. The maximum absolute atomic E-state index is 12.2. The van der Waals surface area contributed by atoms with Gasteiger partial charge in [-0.3, -0.25) is 9.59 Å². The van der Waals surface area contributed by atoms with Gasteiger partial charge in [0.1, 0.15) is 5.56 Å². The molecule has 0 aromatic heterocycles. The van der Waals surface area contributed by atoms with Crippen molar-refractivity contribution in [3.8, 4) is 0 Å². The van der Waals surface area contributed by atoms with Crippen LogP contribution < -0.4 is 0 Å². The molecule has 116 valence electrons. The van der Waals surface area contributed by atoms with Crippen molar-refractivity contribution in [1.82, 2.24) is 5.06 Å². The van der Waals surface area contributed by atoms with Crippen LogP contribution in [0.2, 0.25) is 15.1 Å². The molecule has 5 nitrogen and oxygen atoms in total. The Hall–Kier alpha value is -2.08. The van der Waals surface area contributed by atoms with Gasteiger partial charge in [-0.2, -0.15) is 0 Å². The second kappa shape index (κ2) is 5.85. The Bertz CT molecular complexity index is 831. The van der Waals surface area contributed by atoms with E-state index in [1.54, 1.807) is 12.1 Å². The van der Waals surface area contributed by atoms with Gasteiger partial charge in [-0.05, 0) is 24.3 Å². The van der Waals surface area contributed by atoms with Gasteiger partial charge in [-0.25, -0.2) is 4.79 Å². The van der Waals surface area contributed by atoms with E-state index in [1.807, 2.05) is 0 Å². The van der Waals surface area contributed by atoms with Gasteiger partial charge in [-0.15, -0.1) is 0 Å². The first-order valence-electron chi connectivity index (χ1n) is 6.25. The highest BCUT2D eigenvalue weighted by atomic mass is 35.5. The van der Waals surface area contributed by atoms with Gasteiger partial charge in [0.25, 0.3) is 11.8 Å². The maximum Gasteiger partial charge on any atom is 0.367 e. The highest BCUT2D eigenvalue weighted by molar-refractivity contribution is 6.46. The molecular formula is C15H6Cl3NO4. The van der Waals surface area contributed by atoms with Crippen molar-refractivity contribution >= 4 is 52.6 Å². The summed E-state index contributed by atoms with van der Waals surface area (Å²) in [6.07, 6.45) is 0. The van der Waals surface area contributed by atoms with Crippen molar-refractivity contribution in [2.24, 2.45) is 0 Å². The van der Waals surface area contributed by atoms with Gasteiger partial charge in [-0.1, -0.05) is 52.0 Å². The minimum Gasteiger partial charge on any atom is -0.324 e. The maximum atomic E-state index is 12.2. The summed E-state index contributed by atoms with van der Waals surface area (Å²) in [5, 5.41) is 0.327. The normalized spacial score (nSPS) is 13.3. The lowest BCUT2D eigenvalue weighted by Gasteiger charge is -2.14. The van der Waals surface area contributed by atoms with Gasteiger partial charge in [0, 0.05) is 0 Å². The highest BCUT2D eigenvalue weighted by Crippen LogP contribution is 2.33. The molecule has 0 aliphatic carbocycles. The van der Waals surface area contributed by atoms with Crippen LogP contribution in [0.1, 0.15) is 31.1 Å². The van der Waals surface area contributed by atoms with Gasteiger partial charge in [0.05, 0.1) is 26.2 Å². The van der Waals surface area contributed by atoms with Crippen molar-refractivity contribution in [3.05, 3.63) is 68.2 Å². The van der Waals surface area contributed by atoms with Gasteiger partial charge in [0.2, 0.25) is 0 Å².